The Kier molecular flexibility index (Phi) is 4.81. The van der Waals surface area contributed by atoms with Crippen LogP contribution in [0.3, 0.4) is 0 Å². The zero-order chi connectivity index (χ0) is 15.4. The first-order chi connectivity index (χ1) is 10.0. The molecule has 0 saturated heterocycles. The van der Waals surface area contributed by atoms with Gasteiger partial charge in [-0.3, -0.25) is 4.79 Å². The van der Waals surface area contributed by atoms with Gasteiger partial charge in [0.25, 0.3) is 0 Å². The van der Waals surface area contributed by atoms with Gasteiger partial charge >= 0.3 is 0 Å². The Balaban J connectivity index is 2.08. The summed E-state index contributed by atoms with van der Waals surface area (Å²) in [6.45, 7) is 1.66. The fourth-order valence-corrected chi connectivity index (χ4v) is 1.96. The fraction of sp³-hybridized carbons (Fsp3) is 0.188. The van der Waals surface area contributed by atoms with Gasteiger partial charge in [-0.05, 0) is 42.8 Å². The zero-order valence-corrected chi connectivity index (χ0v) is 12.4. The predicted octanol–water partition coefficient (Wildman–Crippen LogP) is 4.06. The molecular formula is C16H14ClFO3. The van der Waals surface area contributed by atoms with Crippen molar-refractivity contribution >= 4 is 17.4 Å². The number of hydrogen-bond donors (Lipinski definition) is 0. The molecule has 0 aliphatic rings. The summed E-state index contributed by atoms with van der Waals surface area (Å²) < 4.78 is 23.8. The van der Waals surface area contributed by atoms with Crippen LogP contribution >= 0.6 is 11.6 Å². The first-order valence-corrected chi connectivity index (χ1v) is 6.64. The molecule has 2 aromatic carbocycles. The van der Waals surface area contributed by atoms with Gasteiger partial charge in [0.1, 0.15) is 5.75 Å². The van der Waals surface area contributed by atoms with E-state index >= 15 is 0 Å². The summed E-state index contributed by atoms with van der Waals surface area (Å²) in [6, 6.07) is 9.22. The number of aryl methyl sites for hydroxylation is 1. The van der Waals surface area contributed by atoms with E-state index in [9.17, 15) is 9.18 Å². The fourth-order valence-electron chi connectivity index (χ4n) is 1.80. The van der Waals surface area contributed by atoms with E-state index in [2.05, 4.69) is 0 Å². The highest BCUT2D eigenvalue weighted by Crippen LogP contribution is 2.23. The third-order valence-electron chi connectivity index (χ3n) is 2.98. The van der Waals surface area contributed by atoms with Crippen LogP contribution in [0.25, 0.3) is 0 Å². The summed E-state index contributed by atoms with van der Waals surface area (Å²) in [5, 5.41) is 0.526. The molecule has 5 heteroatoms. The minimum atomic E-state index is -0.581. The van der Waals surface area contributed by atoms with Crippen molar-refractivity contribution in [2.45, 2.75) is 6.92 Å². The molecule has 3 nitrogen and oxygen atoms in total. The van der Waals surface area contributed by atoms with Crippen molar-refractivity contribution in [3.8, 4) is 11.5 Å². The van der Waals surface area contributed by atoms with Gasteiger partial charge in [0.15, 0.2) is 24.0 Å². The molecule has 0 heterocycles. The summed E-state index contributed by atoms with van der Waals surface area (Å²) in [4.78, 5) is 12.0. The van der Waals surface area contributed by atoms with Gasteiger partial charge in [-0.25, -0.2) is 4.39 Å². The van der Waals surface area contributed by atoms with Gasteiger partial charge in [-0.1, -0.05) is 17.7 Å². The minimum Gasteiger partial charge on any atom is -0.494 e. The lowest BCUT2D eigenvalue weighted by molar-refractivity contribution is 0.0920. The molecule has 0 N–H and O–H groups in total. The van der Waals surface area contributed by atoms with Gasteiger partial charge in [0.2, 0.25) is 0 Å². The van der Waals surface area contributed by atoms with E-state index in [4.69, 9.17) is 21.1 Å². The number of benzene rings is 2. The number of rotatable bonds is 5. The third kappa shape index (κ3) is 3.73. The Morgan fingerprint density at radius 1 is 1.19 bits per heavy atom. The molecule has 0 spiro atoms. The number of halogens is 2. The molecule has 0 bridgehead atoms. The Morgan fingerprint density at radius 3 is 2.62 bits per heavy atom. The summed E-state index contributed by atoms with van der Waals surface area (Å²) >= 11 is 5.87. The van der Waals surface area contributed by atoms with Gasteiger partial charge in [0.05, 0.1) is 7.11 Å². The summed E-state index contributed by atoms with van der Waals surface area (Å²) in [6.07, 6.45) is 0. The lowest BCUT2D eigenvalue weighted by Gasteiger charge is -2.09. The second kappa shape index (κ2) is 6.59. The van der Waals surface area contributed by atoms with Crippen LogP contribution in [0.15, 0.2) is 36.4 Å². The van der Waals surface area contributed by atoms with Crippen LogP contribution in [0.5, 0.6) is 11.5 Å². The van der Waals surface area contributed by atoms with Gasteiger partial charge in [-0.15, -0.1) is 0 Å². The number of Topliss-reactive ketones (excluding diaryl/α,β-unsaturated/α-hetero) is 1. The minimum absolute atomic E-state index is 0.0955. The molecular weight excluding hydrogens is 295 g/mol. The molecule has 2 rings (SSSR count). The molecule has 0 fully saturated rings. The number of ketones is 1. The maximum absolute atomic E-state index is 13.6. The number of carbonyl (C=O) groups excluding carboxylic acids is 1. The van der Waals surface area contributed by atoms with E-state index in [1.165, 1.54) is 19.2 Å². The number of ether oxygens (including phenoxy) is 2. The van der Waals surface area contributed by atoms with Crippen molar-refractivity contribution in [2.75, 3.05) is 13.7 Å². The third-order valence-corrected chi connectivity index (χ3v) is 3.22. The Hall–Kier alpha value is -2.07. The summed E-state index contributed by atoms with van der Waals surface area (Å²) in [5.41, 5.74) is 1.10. The second-order valence-electron chi connectivity index (χ2n) is 4.47. The molecule has 0 unspecified atom stereocenters. The van der Waals surface area contributed by atoms with Crippen molar-refractivity contribution in [3.63, 3.8) is 0 Å². The summed E-state index contributed by atoms with van der Waals surface area (Å²) in [5.74, 6) is -0.277. The number of hydrogen-bond acceptors (Lipinski definition) is 3. The maximum atomic E-state index is 13.6. The topological polar surface area (TPSA) is 35.5 Å². The second-order valence-corrected chi connectivity index (χ2v) is 4.91. The van der Waals surface area contributed by atoms with Crippen LogP contribution in [0.1, 0.15) is 15.9 Å². The molecule has 0 aliphatic heterocycles. The molecule has 2 aromatic rings. The van der Waals surface area contributed by atoms with Crippen LogP contribution < -0.4 is 9.47 Å². The molecule has 0 saturated carbocycles. The van der Waals surface area contributed by atoms with Crippen LogP contribution in [0, 0.1) is 12.7 Å². The van der Waals surface area contributed by atoms with Crippen molar-refractivity contribution in [1.29, 1.82) is 0 Å². The normalized spacial score (nSPS) is 10.3. The van der Waals surface area contributed by atoms with Gasteiger partial charge < -0.3 is 9.47 Å². The van der Waals surface area contributed by atoms with E-state index in [-0.39, 0.29) is 23.7 Å². The monoisotopic (exact) mass is 308 g/mol. The first kappa shape index (κ1) is 15.3. The van der Waals surface area contributed by atoms with Gasteiger partial charge in [-0.2, -0.15) is 0 Å². The maximum Gasteiger partial charge on any atom is 0.200 e. The molecule has 0 atom stereocenters. The molecule has 21 heavy (non-hydrogen) atoms. The van der Waals surface area contributed by atoms with Crippen LogP contribution in [0.4, 0.5) is 4.39 Å². The molecule has 110 valence electrons. The van der Waals surface area contributed by atoms with Crippen molar-refractivity contribution in [3.05, 3.63) is 58.4 Å². The van der Waals surface area contributed by atoms with Crippen LogP contribution in [-0.4, -0.2) is 19.5 Å². The lowest BCUT2D eigenvalue weighted by atomic mass is 10.1. The van der Waals surface area contributed by atoms with E-state index in [1.54, 1.807) is 18.2 Å². The summed E-state index contributed by atoms with van der Waals surface area (Å²) in [7, 11) is 1.37. The lowest BCUT2D eigenvalue weighted by Crippen LogP contribution is -2.12. The van der Waals surface area contributed by atoms with Crippen LogP contribution in [-0.2, 0) is 0 Å². The smallest absolute Gasteiger partial charge is 0.200 e. The average molecular weight is 309 g/mol. The SMILES string of the molecule is COc1ccc(C(=O)COc2cc(Cl)ccc2C)cc1F. The highest BCUT2D eigenvalue weighted by Gasteiger charge is 2.11. The van der Waals surface area contributed by atoms with E-state index in [0.29, 0.717) is 10.8 Å². The Morgan fingerprint density at radius 2 is 1.95 bits per heavy atom. The largest absolute Gasteiger partial charge is 0.494 e. The predicted molar refractivity (Wildman–Crippen MR) is 79.0 cm³/mol. The quantitative estimate of drug-likeness (QED) is 0.781. The zero-order valence-electron chi connectivity index (χ0n) is 11.7. The number of carbonyl (C=O) groups is 1. The molecule has 0 aromatic heterocycles. The highest BCUT2D eigenvalue weighted by atomic mass is 35.5. The molecule has 0 aliphatic carbocycles. The Labute approximate surface area is 127 Å². The molecule has 0 amide bonds. The first-order valence-electron chi connectivity index (χ1n) is 6.27. The number of methoxy groups -OCH3 is 1. The van der Waals surface area contributed by atoms with E-state index < -0.39 is 5.82 Å². The van der Waals surface area contributed by atoms with E-state index in [1.807, 2.05) is 6.92 Å². The highest BCUT2D eigenvalue weighted by molar-refractivity contribution is 6.30. The van der Waals surface area contributed by atoms with Gasteiger partial charge in [0, 0.05) is 10.6 Å². The van der Waals surface area contributed by atoms with Crippen molar-refractivity contribution < 1.29 is 18.7 Å². The van der Waals surface area contributed by atoms with Crippen molar-refractivity contribution in [2.24, 2.45) is 0 Å². The standard InChI is InChI=1S/C16H14ClFO3/c1-10-3-5-12(17)8-16(10)21-9-14(19)11-4-6-15(20-2)13(18)7-11/h3-8H,9H2,1-2H3. The van der Waals surface area contributed by atoms with Crippen molar-refractivity contribution in [1.82, 2.24) is 0 Å². The Bertz CT molecular complexity index is 671. The van der Waals surface area contributed by atoms with Crippen LogP contribution in [0.2, 0.25) is 5.02 Å². The molecule has 0 radical (unpaired) electrons. The van der Waals surface area contributed by atoms with E-state index in [0.717, 1.165) is 11.6 Å². The average Bonchev–Trinajstić information content (AvgIpc) is 2.47.